The molecule has 0 fully saturated rings. The Morgan fingerprint density at radius 3 is 2.40 bits per heavy atom. The van der Waals surface area contributed by atoms with E-state index in [0.717, 1.165) is 6.07 Å². The number of alkyl halides is 4. The minimum absolute atomic E-state index is 0.158. The van der Waals surface area contributed by atoms with E-state index >= 15 is 0 Å². The van der Waals surface area contributed by atoms with E-state index in [-0.39, 0.29) is 5.69 Å². The van der Waals surface area contributed by atoms with Gasteiger partial charge >= 0.3 is 6.18 Å². The van der Waals surface area contributed by atoms with Crippen molar-refractivity contribution < 1.29 is 13.2 Å². The molecule has 0 aliphatic heterocycles. The highest BCUT2D eigenvalue weighted by atomic mass is 35.5. The van der Waals surface area contributed by atoms with Crippen LogP contribution in [-0.4, -0.2) is 19.5 Å². The molecule has 0 unspecified atom stereocenters. The molecule has 0 aliphatic rings. The van der Waals surface area contributed by atoms with Crippen LogP contribution in [0.25, 0.3) is 0 Å². The molecule has 1 aromatic rings. The number of hydrogen-bond donors (Lipinski definition) is 0. The Balaban J connectivity index is 3.06. The van der Waals surface area contributed by atoms with Crippen LogP contribution in [0.3, 0.4) is 0 Å². The first-order valence-corrected chi connectivity index (χ1v) is 4.93. The van der Waals surface area contributed by atoms with Crippen LogP contribution in [0.15, 0.2) is 24.3 Å². The van der Waals surface area contributed by atoms with E-state index in [4.69, 9.17) is 11.6 Å². The first-order chi connectivity index (χ1) is 6.96. The van der Waals surface area contributed by atoms with Gasteiger partial charge in [-0.3, -0.25) is 0 Å². The Labute approximate surface area is 91.5 Å². The average molecular weight is 238 g/mol. The first-order valence-electron chi connectivity index (χ1n) is 4.40. The van der Waals surface area contributed by atoms with Crippen molar-refractivity contribution in [3.05, 3.63) is 29.8 Å². The summed E-state index contributed by atoms with van der Waals surface area (Å²) < 4.78 is 37.8. The molecule has 0 saturated carbocycles. The summed E-state index contributed by atoms with van der Waals surface area (Å²) in [5, 5.41) is 0. The van der Waals surface area contributed by atoms with Crippen LogP contribution in [0.5, 0.6) is 0 Å². The number of benzene rings is 1. The molecule has 0 N–H and O–H groups in total. The van der Waals surface area contributed by atoms with Gasteiger partial charge in [0.25, 0.3) is 0 Å². The van der Waals surface area contributed by atoms with Gasteiger partial charge in [0.1, 0.15) is 0 Å². The van der Waals surface area contributed by atoms with Crippen molar-refractivity contribution in [1.29, 1.82) is 0 Å². The molecule has 0 aromatic heterocycles. The van der Waals surface area contributed by atoms with Crippen molar-refractivity contribution in [2.45, 2.75) is 6.18 Å². The second-order valence-electron chi connectivity index (χ2n) is 3.13. The molecule has 0 amide bonds. The van der Waals surface area contributed by atoms with E-state index in [1.165, 1.54) is 17.0 Å². The second kappa shape index (κ2) is 4.75. The number of halogens is 4. The molecule has 1 nitrogen and oxygen atoms in total. The van der Waals surface area contributed by atoms with Crippen LogP contribution in [0.1, 0.15) is 5.56 Å². The summed E-state index contributed by atoms with van der Waals surface area (Å²) in [6.07, 6.45) is -4.32. The van der Waals surface area contributed by atoms with Crippen molar-refractivity contribution in [2.24, 2.45) is 0 Å². The van der Waals surface area contributed by atoms with Gasteiger partial charge in [-0.25, -0.2) is 0 Å². The maximum Gasteiger partial charge on any atom is 0.418 e. The van der Waals surface area contributed by atoms with E-state index in [1.54, 1.807) is 13.1 Å². The molecule has 0 heterocycles. The van der Waals surface area contributed by atoms with E-state index < -0.39 is 11.7 Å². The average Bonchev–Trinajstić information content (AvgIpc) is 2.17. The molecular formula is C10H11ClF3N. The smallest absolute Gasteiger partial charge is 0.373 e. The topological polar surface area (TPSA) is 3.24 Å². The third kappa shape index (κ3) is 3.02. The van der Waals surface area contributed by atoms with E-state index in [2.05, 4.69) is 0 Å². The van der Waals surface area contributed by atoms with Gasteiger partial charge in [0.05, 0.1) is 5.56 Å². The Bertz CT molecular complexity index is 325. The summed E-state index contributed by atoms with van der Waals surface area (Å²) in [6.45, 7) is 0.384. The molecule has 0 spiro atoms. The zero-order valence-corrected chi connectivity index (χ0v) is 8.94. The summed E-state index contributed by atoms with van der Waals surface area (Å²) in [6, 6.07) is 5.46. The highest BCUT2D eigenvalue weighted by Crippen LogP contribution is 2.35. The fourth-order valence-corrected chi connectivity index (χ4v) is 1.55. The Hall–Kier alpha value is -0.900. The number of nitrogens with zero attached hydrogens (tertiary/aromatic N) is 1. The fourth-order valence-electron chi connectivity index (χ4n) is 1.29. The normalized spacial score (nSPS) is 11.5. The zero-order valence-electron chi connectivity index (χ0n) is 8.18. The molecule has 0 aliphatic carbocycles. The van der Waals surface area contributed by atoms with Gasteiger partial charge in [-0.05, 0) is 12.1 Å². The summed E-state index contributed by atoms with van der Waals surface area (Å²) in [4.78, 5) is 1.50. The number of rotatable bonds is 3. The summed E-state index contributed by atoms with van der Waals surface area (Å²) in [5.74, 6) is 0.294. The second-order valence-corrected chi connectivity index (χ2v) is 3.50. The van der Waals surface area contributed by atoms with Crippen molar-refractivity contribution in [3.8, 4) is 0 Å². The SMILES string of the molecule is CN(CCCl)c1ccccc1C(F)(F)F. The molecule has 0 radical (unpaired) electrons. The fraction of sp³-hybridized carbons (Fsp3) is 0.400. The van der Waals surface area contributed by atoms with E-state index in [9.17, 15) is 13.2 Å². The lowest BCUT2D eigenvalue weighted by atomic mass is 10.1. The van der Waals surface area contributed by atoms with Gasteiger partial charge in [0.2, 0.25) is 0 Å². The monoisotopic (exact) mass is 237 g/mol. The standard InChI is InChI=1S/C10H11ClF3N/c1-15(7-6-11)9-5-3-2-4-8(9)10(12,13)14/h2-5H,6-7H2,1H3. The number of anilines is 1. The van der Waals surface area contributed by atoms with E-state index in [0.29, 0.717) is 12.4 Å². The summed E-state index contributed by atoms with van der Waals surface area (Å²) >= 11 is 5.49. The quantitative estimate of drug-likeness (QED) is 0.729. The number of hydrogen-bond acceptors (Lipinski definition) is 1. The van der Waals surface area contributed by atoms with Crippen molar-refractivity contribution in [3.63, 3.8) is 0 Å². The van der Waals surface area contributed by atoms with Crippen molar-refractivity contribution >= 4 is 17.3 Å². The Morgan fingerprint density at radius 1 is 1.27 bits per heavy atom. The Kier molecular flexibility index (Phi) is 3.85. The minimum atomic E-state index is -4.32. The van der Waals surface area contributed by atoms with Crippen LogP contribution >= 0.6 is 11.6 Å². The molecule has 15 heavy (non-hydrogen) atoms. The first kappa shape index (κ1) is 12.2. The van der Waals surface area contributed by atoms with Crippen molar-refractivity contribution in [2.75, 3.05) is 24.4 Å². The van der Waals surface area contributed by atoms with E-state index in [1.807, 2.05) is 0 Å². The summed E-state index contributed by atoms with van der Waals surface area (Å²) in [7, 11) is 1.59. The maximum absolute atomic E-state index is 12.6. The largest absolute Gasteiger partial charge is 0.418 e. The van der Waals surface area contributed by atoms with Gasteiger partial charge in [0, 0.05) is 25.2 Å². The highest BCUT2D eigenvalue weighted by molar-refractivity contribution is 6.18. The predicted molar refractivity (Wildman–Crippen MR) is 55.4 cm³/mol. The Morgan fingerprint density at radius 2 is 1.87 bits per heavy atom. The van der Waals surface area contributed by atoms with Crippen LogP contribution in [0.4, 0.5) is 18.9 Å². The van der Waals surface area contributed by atoms with Crippen LogP contribution < -0.4 is 4.90 Å². The third-order valence-electron chi connectivity index (χ3n) is 2.04. The summed E-state index contributed by atoms with van der Waals surface area (Å²) in [5.41, 5.74) is -0.469. The third-order valence-corrected chi connectivity index (χ3v) is 2.21. The zero-order chi connectivity index (χ0) is 11.5. The van der Waals surface area contributed by atoms with Gasteiger partial charge < -0.3 is 4.90 Å². The van der Waals surface area contributed by atoms with Crippen LogP contribution in [0, 0.1) is 0 Å². The molecule has 1 aromatic carbocycles. The maximum atomic E-state index is 12.6. The highest BCUT2D eigenvalue weighted by Gasteiger charge is 2.33. The van der Waals surface area contributed by atoms with Crippen LogP contribution in [-0.2, 0) is 6.18 Å². The minimum Gasteiger partial charge on any atom is -0.373 e. The van der Waals surface area contributed by atoms with Crippen LogP contribution in [0.2, 0.25) is 0 Å². The van der Waals surface area contributed by atoms with Gasteiger partial charge in [-0.15, -0.1) is 11.6 Å². The molecular weight excluding hydrogens is 227 g/mol. The lowest BCUT2D eigenvalue weighted by Crippen LogP contribution is -2.23. The van der Waals surface area contributed by atoms with Gasteiger partial charge in [0.15, 0.2) is 0 Å². The van der Waals surface area contributed by atoms with Gasteiger partial charge in [-0.2, -0.15) is 13.2 Å². The number of para-hydroxylation sites is 1. The molecule has 5 heteroatoms. The van der Waals surface area contributed by atoms with Crippen molar-refractivity contribution in [1.82, 2.24) is 0 Å². The molecule has 84 valence electrons. The predicted octanol–water partition coefficient (Wildman–Crippen LogP) is 3.38. The molecule has 0 bridgehead atoms. The van der Waals surface area contributed by atoms with Gasteiger partial charge in [-0.1, -0.05) is 12.1 Å². The lowest BCUT2D eigenvalue weighted by molar-refractivity contribution is -0.137. The molecule has 0 atom stereocenters. The molecule has 0 saturated heterocycles. The lowest BCUT2D eigenvalue weighted by Gasteiger charge is -2.22. The molecule has 1 rings (SSSR count).